The van der Waals surface area contributed by atoms with Crippen LogP contribution in [-0.4, -0.2) is 44.9 Å². The van der Waals surface area contributed by atoms with Gasteiger partial charge in [0.25, 0.3) is 0 Å². The van der Waals surface area contributed by atoms with Gasteiger partial charge in [-0.15, -0.1) is 11.3 Å². The molecule has 1 aliphatic heterocycles. The molecular formula is C13H20N2O3S. The Bertz CT molecular complexity index is 422. The number of carbonyl (C=O) groups excluding carboxylic acids is 1. The standard InChI is InChI=1S/C13H20N2O3S/c1-17-8-10-5-6-15(7-10)13-14-11(9-19-13)3-4-12(16)18-2/h9-10H,3-8H2,1-2H3. The molecule has 1 aromatic rings. The van der Waals surface area contributed by atoms with E-state index in [4.69, 9.17) is 4.74 Å². The Morgan fingerprint density at radius 3 is 3.16 bits per heavy atom. The SMILES string of the molecule is COCC1CCN(c2nc(CCC(=O)OC)cs2)C1. The summed E-state index contributed by atoms with van der Waals surface area (Å²) in [4.78, 5) is 18.0. The zero-order chi connectivity index (χ0) is 13.7. The van der Waals surface area contributed by atoms with Crippen LogP contribution in [0.5, 0.6) is 0 Å². The number of aromatic nitrogens is 1. The summed E-state index contributed by atoms with van der Waals surface area (Å²) in [5, 5.41) is 3.08. The predicted octanol–water partition coefficient (Wildman–Crippen LogP) is 1.72. The Morgan fingerprint density at radius 1 is 1.58 bits per heavy atom. The van der Waals surface area contributed by atoms with Gasteiger partial charge in [-0.3, -0.25) is 4.79 Å². The lowest BCUT2D eigenvalue weighted by atomic mass is 10.1. The molecule has 1 saturated heterocycles. The number of carbonyl (C=O) groups is 1. The zero-order valence-corrected chi connectivity index (χ0v) is 12.2. The topological polar surface area (TPSA) is 51.7 Å². The van der Waals surface area contributed by atoms with E-state index in [2.05, 4.69) is 14.6 Å². The fourth-order valence-corrected chi connectivity index (χ4v) is 3.16. The van der Waals surface area contributed by atoms with E-state index in [-0.39, 0.29) is 5.97 Å². The van der Waals surface area contributed by atoms with Crippen molar-refractivity contribution < 1.29 is 14.3 Å². The molecule has 0 aromatic carbocycles. The van der Waals surface area contributed by atoms with Crippen LogP contribution in [-0.2, 0) is 20.7 Å². The molecule has 0 spiro atoms. The first-order valence-electron chi connectivity index (χ1n) is 6.48. The number of rotatable bonds is 6. The molecule has 1 aliphatic rings. The normalized spacial score (nSPS) is 18.8. The fourth-order valence-electron chi connectivity index (χ4n) is 2.27. The Hall–Kier alpha value is -1.14. The third kappa shape index (κ3) is 3.91. The molecule has 1 aromatic heterocycles. The van der Waals surface area contributed by atoms with Crippen molar-refractivity contribution in [3.63, 3.8) is 0 Å². The van der Waals surface area contributed by atoms with Gasteiger partial charge in [0.1, 0.15) is 0 Å². The van der Waals surface area contributed by atoms with E-state index in [1.165, 1.54) is 7.11 Å². The number of hydrogen-bond acceptors (Lipinski definition) is 6. The lowest BCUT2D eigenvalue weighted by molar-refractivity contribution is -0.140. The molecule has 5 nitrogen and oxygen atoms in total. The smallest absolute Gasteiger partial charge is 0.305 e. The maximum absolute atomic E-state index is 11.1. The second-order valence-electron chi connectivity index (χ2n) is 4.75. The van der Waals surface area contributed by atoms with Gasteiger partial charge in [-0.1, -0.05) is 0 Å². The van der Waals surface area contributed by atoms with E-state index in [0.29, 0.717) is 18.8 Å². The third-order valence-electron chi connectivity index (χ3n) is 3.31. The number of methoxy groups -OCH3 is 2. The Kier molecular flexibility index (Phi) is 5.15. The van der Waals surface area contributed by atoms with E-state index < -0.39 is 0 Å². The van der Waals surface area contributed by atoms with Crippen molar-refractivity contribution in [3.8, 4) is 0 Å². The van der Waals surface area contributed by atoms with E-state index in [0.717, 1.165) is 36.9 Å². The summed E-state index contributed by atoms with van der Waals surface area (Å²) >= 11 is 1.65. The summed E-state index contributed by atoms with van der Waals surface area (Å²) in [6, 6.07) is 0. The van der Waals surface area contributed by atoms with Crippen molar-refractivity contribution >= 4 is 22.4 Å². The van der Waals surface area contributed by atoms with Gasteiger partial charge in [0.05, 0.1) is 25.8 Å². The van der Waals surface area contributed by atoms with Crippen LogP contribution in [0.1, 0.15) is 18.5 Å². The number of aryl methyl sites for hydroxylation is 1. The molecule has 1 atom stereocenters. The average Bonchev–Trinajstić information content (AvgIpc) is 3.05. The van der Waals surface area contributed by atoms with Gasteiger partial charge in [0.2, 0.25) is 0 Å². The van der Waals surface area contributed by atoms with Gasteiger partial charge in [0, 0.05) is 37.9 Å². The van der Waals surface area contributed by atoms with Crippen LogP contribution in [0.25, 0.3) is 0 Å². The van der Waals surface area contributed by atoms with Gasteiger partial charge >= 0.3 is 5.97 Å². The maximum atomic E-state index is 11.1. The van der Waals surface area contributed by atoms with E-state index in [1.54, 1.807) is 18.4 Å². The van der Waals surface area contributed by atoms with Crippen LogP contribution in [0, 0.1) is 5.92 Å². The minimum atomic E-state index is -0.184. The summed E-state index contributed by atoms with van der Waals surface area (Å²) < 4.78 is 9.83. The number of ether oxygens (including phenoxy) is 2. The molecule has 1 unspecified atom stereocenters. The number of nitrogens with zero attached hydrogens (tertiary/aromatic N) is 2. The number of anilines is 1. The second-order valence-corrected chi connectivity index (χ2v) is 5.59. The molecule has 0 saturated carbocycles. The van der Waals surface area contributed by atoms with Crippen LogP contribution < -0.4 is 4.90 Å². The Morgan fingerprint density at radius 2 is 2.42 bits per heavy atom. The highest BCUT2D eigenvalue weighted by atomic mass is 32.1. The van der Waals surface area contributed by atoms with Crippen molar-refractivity contribution in [2.75, 3.05) is 38.8 Å². The fraction of sp³-hybridized carbons (Fsp3) is 0.692. The second kappa shape index (κ2) is 6.86. The van der Waals surface area contributed by atoms with Crippen molar-refractivity contribution in [1.82, 2.24) is 4.98 Å². The summed E-state index contributed by atoms with van der Waals surface area (Å²) in [6.07, 6.45) is 2.20. The first kappa shape index (κ1) is 14.3. The van der Waals surface area contributed by atoms with Crippen LogP contribution in [0.2, 0.25) is 0 Å². The van der Waals surface area contributed by atoms with Gasteiger partial charge in [-0.25, -0.2) is 4.98 Å². The number of hydrogen-bond donors (Lipinski definition) is 0. The quantitative estimate of drug-likeness (QED) is 0.745. The molecule has 0 aliphatic carbocycles. The first-order valence-corrected chi connectivity index (χ1v) is 7.36. The molecule has 2 rings (SSSR count). The monoisotopic (exact) mass is 284 g/mol. The predicted molar refractivity (Wildman–Crippen MR) is 74.6 cm³/mol. The summed E-state index contributed by atoms with van der Waals surface area (Å²) in [5.74, 6) is 0.420. The van der Waals surface area contributed by atoms with E-state index in [1.807, 2.05) is 5.38 Å². The van der Waals surface area contributed by atoms with Crippen molar-refractivity contribution in [3.05, 3.63) is 11.1 Å². The molecule has 19 heavy (non-hydrogen) atoms. The molecule has 1 fully saturated rings. The van der Waals surface area contributed by atoms with Gasteiger partial charge in [0.15, 0.2) is 5.13 Å². The Balaban J connectivity index is 1.85. The van der Waals surface area contributed by atoms with Crippen LogP contribution in [0.4, 0.5) is 5.13 Å². The van der Waals surface area contributed by atoms with Crippen LogP contribution >= 0.6 is 11.3 Å². The van der Waals surface area contributed by atoms with Crippen molar-refractivity contribution in [1.29, 1.82) is 0 Å². The third-order valence-corrected chi connectivity index (χ3v) is 4.26. The maximum Gasteiger partial charge on any atom is 0.305 e. The molecule has 2 heterocycles. The highest BCUT2D eigenvalue weighted by molar-refractivity contribution is 7.13. The molecule has 0 radical (unpaired) electrons. The van der Waals surface area contributed by atoms with E-state index >= 15 is 0 Å². The van der Waals surface area contributed by atoms with E-state index in [9.17, 15) is 4.79 Å². The molecule has 0 N–H and O–H groups in total. The van der Waals surface area contributed by atoms with Crippen molar-refractivity contribution in [2.45, 2.75) is 19.3 Å². The summed E-state index contributed by atoms with van der Waals surface area (Å²) in [5.41, 5.74) is 0.973. The van der Waals surface area contributed by atoms with Crippen molar-refractivity contribution in [2.24, 2.45) is 5.92 Å². The lowest BCUT2D eigenvalue weighted by Crippen LogP contribution is -2.20. The highest BCUT2D eigenvalue weighted by Gasteiger charge is 2.24. The minimum absolute atomic E-state index is 0.184. The molecule has 0 amide bonds. The minimum Gasteiger partial charge on any atom is -0.469 e. The van der Waals surface area contributed by atoms with Crippen LogP contribution in [0.15, 0.2) is 5.38 Å². The zero-order valence-electron chi connectivity index (χ0n) is 11.4. The number of esters is 1. The molecule has 106 valence electrons. The molecule has 6 heteroatoms. The summed E-state index contributed by atoms with van der Waals surface area (Å²) in [7, 11) is 3.16. The van der Waals surface area contributed by atoms with Gasteiger partial charge in [-0.2, -0.15) is 0 Å². The van der Waals surface area contributed by atoms with Crippen LogP contribution in [0.3, 0.4) is 0 Å². The molecular weight excluding hydrogens is 264 g/mol. The number of thiazole rings is 1. The summed E-state index contributed by atoms with van der Waals surface area (Å²) in [6.45, 7) is 2.87. The van der Waals surface area contributed by atoms with Gasteiger partial charge in [-0.05, 0) is 6.42 Å². The molecule has 0 bridgehead atoms. The Labute approximate surface area is 117 Å². The average molecular weight is 284 g/mol. The lowest BCUT2D eigenvalue weighted by Gasteiger charge is -2.14. The highest BCUT2D eigenvalue weighted by Crippen LogP contribution is 2.27. The first-order chi connectivity index (χ1) is 9.22. The van der Waals surface area contributed by atoms with Gasteiger partial charge < -0.3 is 14.4 Å². The largest absolute Gasteiger partial charge is 0.469 e.